The smallest absolute Gasteiger partial charge is 0.195 e. The topological polar surface area (TPSA) is 84.3 Å². The fraction of sp³-hybridized carbons (Fsp3) is 0.381. The predicted octanol–water partition coefficient (Wildman–Crippen LogP) is 3.67. The number of halogens is 2. The molecule has 0 heterocycles. The summed E-state index contributed by atoms with van der Waals surface area (Å²) < 4.78 is 29.2. The summed E-state index contributed by atoms with van der Waals surface area (Å²) in [5.74, 6) is 1.94. The fourth-order valence-electron chi connectivity index (χ4n) is 2.44. The number of aliphatic hydroxyl groups is 1. The molecule has 0 fully saturated rings. The summed E-state index contributed by atoms with van der Waals surface area (Å²) in [6.45, 7) is 5.21. The Morgan fingerprint density at radius 2 is 1.83 bits per heavy atom. The van der Waals surface area contributed by atoms with Gasteiger partial charge in [-0.3, -0.25) is 4.99 Å². The number of hydrogen-bond donors (Lipinski definition) is 3. The second kappa shape index (κ2) is 13.9. The molecule has 0 aliphatic heterocycles. The molecule has 2 rings (SSSR count). The first kappa shape index (κ1) is 25.8. The summed E-state index contributed by atoms with van der Waals surface area (Å²) in [4.78, 5) is 4.39. The molecule has 0 spiro atoms. The van der Waals surface area contributed by atoms with Crippen LogP contribution in [-0.4, -0.2) is 50.6 Å². The molecule has 0 radical (unpaired) electrons. The molecule has 3 N–H and O–H groups in total. The van der Waals surface area contributed by atoms with Crippen molar-refractivity contribution in [3.63, 3.8) is 0 Å². The number of hydrogen-bond acceptors (Lipinski definition) is 5. The van der Waals surface area contributed by atoms with E-state index in [-0.39, 0.29) is 42.9 Å². The van der Waals surface area contributed by atoms with E-state index in [0.717, 1.165) is 5.69 Å². The molecule has 1 unspecified atom stereocenters. The van der Waals surface area contributed by atoms with Gasteiger partial charge in [-0.1, -0.05) is 0 Å². The third kappa shape index (κ3) is 8.62. The van der Waals surface area contributed by atoms with Crippen LogP contribution in [0.5, 0.6) is 17.2 Å². The number of aliphatic hydroxyl groups excluding tert-OH is 1. The second-order valence-corrected chi connectivity index (χ2v) is 6.06. The maximum atomic E-state index is 12.9. The second-order valence-electron chi connectivity index (χ2n) is 6.06. The van der Waals surface area contributed by atoms with Crippen molar-refractivity contribution in [3.05, 3.63) is 48.3 Å². The lowest BCUT2D eigenvalue weighted by molar-refractivity contribution is 0.114. The molecular weight excluding hydrogens is 504 g/mol. The van der Waals surface area contributed by atoms with Gasteiger partial charge in [0.2, 0.25) is 0 Å². The Morgan fingerprint density at radius 3 is 2.47 bits per heavy atom. The molecule has 0 bridgehead atoms. The van der Waals surface area contributed by atoms with Crippen molar-refractivity contribution >= 4 is 35.6 Å². The minimum absolute atomic E-state index is 0. The van der Waals surface area contributed by atoms with E-state index in [9.17, 15) is 9.50 Å². The lowest BCUT2D eigenvalue weighted by atomic mass is 10.2. The van der Waals surface area contributed by atoms with Gasteiger partial charge in [-0.2, -0.15) is 0 Å². The van der Waals surface area contributed by atoms with Crippen molar-refractivity contribution in [2.24, 2.45) is 4.99 Å². The summed E-state index contributed by atoms with van der Waals surface area (Å²) in [5, 5.41) is 16.4. The number of methoxy groups -OCH3 is 1. The zero-order valence-electron chi connectivity index (χ0n) is 17.4. The Morgan fingerprint density at radius 1 is 1.10 bits per heavy atom. The van der Waals surface area contributed by atoms with Crippen LogP contribution in [-0.2, 0) is 0 Å². The van der Waals surface area contributed by atoms with Crippen LogP contribution in [0.25, 0.3) is 0 Å². The van der Waals surface area contributed by atoms with Crippen molar-refractivity contribution < 1.29 is 23.7 Å². The quantitative estimate of drug-likeness (QED) is 0.246. The van der Waals surface area contributed by atoms with E-state index in [2.05, 4.69) is 15.6 Å². The zero-order chi connectivity index (χ0) is 21.1. The molecule has 7 nitrogen and oxygen atoms in total. The number of benzene rings is 2. The molecule has 0 aliphatic rings. The highest BCUT2D eigenvalue weighted by molar-refractivity contribution is 14.0. The van der Waals surface area contributed by atoms with Crippen molar-refractivity contribution in [1.29, 1.82) is 0 Å². The average molecular weight is 533 g/mol. The lowest BCUT2D eigenvalue weighted by Gasteiger charge is -2.15. The first-order valence-corrected chi connectivity index (χ1v) is 9.48. The Balaban J connectivity index is 0.00000450. The van der Waals surface area contributed by atoms with Gasteiger partial charge in [-0.25, -0.2) is 4.39 Å². The fourth-order valence-corrected chi connectivity index (χ4v) is 2.44. The highest BCUT2D eigenvalue weighted by Gasteiger charge is 2.09. The third-order valence-electron chi connectivity index (χ3n) is 3.79. The van der Waals surface area contributed by atoms with Crippen LogP contribution >= 0.6 is 24.0 Å². The van der Waals surface area contributed by atoms with Crippen LogP contribution in [0.4, 0.5) is 10.1 Å². The van der Waals surface area contributed by atoms with Crippen LogP contribution in [0.1, 0.15) is 13.8 Å². The van der Waals surface area contributed by atoms with Crippen LogP contribution in [0.15, 0.2) is 47.5 Å². The number of guanidine groups is 1. The minimum atomic E-state index is -0.814. The highest BCUT2D eigenvalue weighted by Crippen LogP contribution is 2.30. The Hall–Kier alpha value is -2.27. The molecule has 0 saturated heterocycles. The summed E-state index contributed by atoms with van der Waals surface area (Å²) in [5.41, 5.74) is 0.769. The molecular formula is C21H29FIN3O4. The van der Waals surface area contributed by atoms with Gasteiger partial charge in [0.05, 0.1) is 20.3 Å². The standard InChI is InChI=1S/C21H28FN3O4.HI/c1-4-23-21(25-16-8-11-19(27-3)20(12-16)28-5-2)24-13-17(26)14-29-18-9-6-15(22)7-10-18;/h6-12,17,26H,4-5,13-14H2,1-3H3,(H2,23,24,25);1H. The molecule has 166 valence electrons. The lowest BCUT2D eigenvalue weighted by Crippen LogP contribution is -2.32. The number of rotatable bonds is 10. The minimum Gasteiger partial charge on any atom is -0.493 e. The Labute approximate surface area is 193 Å². The van der Waals surface area contributed by atoms with Gasteiger partial charge in [0.25, 0.3) is 0 Å². The van der Waals surface area contributed by atoms with Gasteiger partial charge in [0, 0.05) is 18.3 Å². The maximum absolute atomic E-state index is 12.9. The van der Waals surface area contributed by atoms with E-state index in [1.54, 1.807) is 7.11 Å². The van der Waals surface area contributed by atoms with Crippen LogP contribution < -0.4 is 24.8 Å². The average Bonchev–Trinajstić information content (AvgIpc) is 2.72. The summed E-state index contributed by atoms with van der Waals surface area (Å²) in [7, 11) is 1.59. The molecule has 0 aromatic heterocycles. The van der Waals surface area contributed by atoms with Gasteiger partial charge in [0.15, 0.2) is 17.5 Å². The third-order valence-corrected chi connectivity index (χ3v) is 3.79. The van der Waals surface area contributed by atoms with Crippen LogP contribution in [0, 0.1) is 5.82 Å². The molecule has 30 heavy (non-hydrogen) atoms. The normalized spacial score (nSPS) is 11.8. The van der Waals surface area contributed by atoms with E-state index >= 15 is 0 Å². The number of nitrogens with zero attached hydrogens (tertiary/aromatic N) is 1. The first-order chi connectivity index (χ1) is 14.0. The van der Waals surface area contributed by atoms with Gasteiger partial charge in [-0.15, -0.1) is 24.0 Å². The van der Waals surface area contributed by atoms with Gasteiger partial charge in [0.1, 0.15) is 24.3 Å². The zero-order valence-corrected chi connectivity index (χ0v) is 19.7. The van der Waals surface area contributed by atoms with Crippen molar-refractivity contribution in [1.82, 2.24) is 5.32 Å². The summed E-state index contributed by atoms with van der Waals surface area (Å²) in [6.07, 6.45) is -0.814. The highest BCUT2D eigenvalue weighted by atomic mass is 127. The summed E-state index contributed by atoms with van der Waals surface area (Å²) >= 11 is 0. The van der Waals surface area contributed by atoms with E-state index in [0.29, 0.717) is 36.4 Å². The van der Waals surface area contributed by atoms with E-state index in [1.807, 2.05) is 32.0 Å². The monoisotopic (exact) mass is 533 g/mol. The number of aliphatic imine (C=N–C) groups is 1. The predicted molar refractivity (Wildman–Crippen MR) is 127 cm³/mol. The van der Waals surface area contributed by atoms with Gasteiger partial charge in [-0.05, 0) is 50.2 Å². The van der Waals surface area contributed by atoms with Gasteiger partial charge >= 0.3 is 0 Å². The van der Waals surface area contributed by atoms with E-state index < -0.39 is 6.10 Å². The molecule has 9 heteroatoms. The van der Waals surface area contributed by atoms with Crippen molar-refractivity contribution in [3.8, 4) is 17.2 Å². The van der Waals surface area contributed by atoms with Crippen LogP contribution in [0.3, 0.4) is 0 Å². The Bertz CT molecular complexity index is 790. The molecule has 0 saturated carbocycles. The molecule has 0 aliphatic carbocycles. The SMILES string of the molecule is CCNC(=NCC(O)COc1ccc(F)cc1)Nc1ccc(OC)c(OCC)c1.I. The van der Waals surface area contributed by atoms with Crippen LogP contribution in [0.2, 0.25) is 0 Å². The van der Waals surface area contributed by atoms with Crippen molar-refractivity contribution in [2.75, 3.05) is 38.7 Å². The molecule has 2 aromatic rings. The van der Waals surface area contributed by atoms with Crippen molar-refractivity contribution in [2.45, 2.75) is 20.0 Å². The maximum Gasteiger partial charge on any atom is 0.195 e. The molecule has 1 atom stereocenters. The van der Waals surface area contributed by atoms with E-state index in [4.69, 9.17) is 14.2 Å². The number of ether oxygens (including phenoxy) is 3. The van der Waals surface area contributed by atoms with Gasteiger partial charge < -0.3 is 30.0 Å². The summed E-state index contributed by atoms with van der Waals surface area (Å²) in [6, 6.07) is 11.1. The largest absolute Gasteiger partial charge is 0.493 e. The van der Waals surface area contributed by atoms with E-state index in [1.165, 1.54) is 24.3 Å². The molecule has 2 aromatic carbocycles. The number of anilines is 1. The first-order valence-electron chi connectivity index (χ1n) is 9.48. The molecule has 0 amide bonds. The number of nitrogens with one attached hydrogen (secondary N) is 2. The Kier molecular flexibility index (Phi) is 11.9.